The van der Waals surface area contributed by atoms with Crippen LogP contribution >= 0.6 is 0 Å². The Morgan fingerprint density at radius 3 is 0.594 bits per heavy atom. The Bertz CT molecular complexity index is 850. The molecule has 0 radical (unpaired) electrons. The molecule has 0 aliphatic carbocycles. The van der Waals surface area contributed by atoms with Crippen LogP contribution in [-0.2, 0) is 0 Å². The van der Waals surface area contributed by atoms with Crippen molar-refractivity contribution in [2.45, 2.75) is 24.2 Å². The van der Waals surface area contributed by atoms with E-state index in [9.17, 15) is 0 Å². The van der Waals surface area contributed by atoms with Gasteiger partial charge in [0.05, 0.1) is 0 Å². The molecule has 32 heavy (non-hydrogen) atoms. The Balaban J connectivity index is 0.000000181. The van der Waals surface area contributed by atoms with Crippen molar-refractivity contribution in [3.05, 3.63) is 144 Å². The summed E-state index contributed by atoms with van der Waals surface area (Å²) in [4.78, 5) is 0. The van der Waals surface area contributed by atoms with Crippen LogP contribution < -0.4 is 22.9 Å². The molecule has 0 aliphatic rings. The van der Waals surface area contributed by atoms with Gasteiger partial charge in [-0.25, -0.2) is 0 Å². The SMILES string of the molecule is N[C@@H](c1ccccc1)[C@@H](N)c1ccccc1.N[C@H](c1ccccc1)[C@H](N)c1ccccc1. The molecule has 0 spiro atoms. The minimum absolute atomic E-state index is 0.163. The number of rotatable bonds is 6. The summed E-state index contributed by atoms with van der Waals surface area (Å²) in [7, 11) is 0. The van der Waals surface area contributed by atoms with Gasteiger partial charge in [-0.1, -0.05) is 121 Å². The summed E-state index contributed by atoms with van der Waals surface area (Å²) < 4.78 is 0. The van der Waals surface area contributed by atoms with Gasteiger partial charge in [0, 0.05) is 24.2 Å². The zero-order chi connectivity index (χ0) is 22.8. The van der Waals surface area contributed by atoms with Crippen LogP contribution in [0.15, 0.2) is 121 Å². The highest BCUT2D eigenvalue weighted by atomic mass is 14.8. The van der Waals surface area contributed by atoms with Gasteiger partial charge in [0.25, 0.3) is 0 Å². The molecule has 0 aliphatic heterocycles. The molecule has 0 fully saturated rings. The van der Waals surface area contributed by atoms with Gasteiger partial charge in [-0.05, 0) is 22.3 Å². The number of hydrogen-bond donors (Lipinski definition) is 4. The molecule has 8 N–H and O–H groups in total. The van der Waals surface area contributed by atoms with Crippen LogP contribution in [-0.4, -0.2) is 0 Å². The van der Waals surface area contributed by atoms with Crippen molar-refractivity contribution < 1.29 is 0 Å². The maximum atomic E-state index is 6.15. The molecule has 164 valence electrons. The van der Waals surface area contributed by atoms with E-state index in [0.717, 1.165) is 22.3 Å². The molecule has 4 aromatic rings. The molecule has 4 nitrogen and oxygen atoms in total. The fourth-order valence-electron chi connectivity index (χ4n) is 3.53. The predicted octanol–water partition coefficient (Wildman–Crippen LogP) is 4.77. The van der Waals surface area contributed by atoms with Crippen molar-refractivity contribution in [1.29, 1.82) is 0 Å². The first-order chi connectivity index (χ1) is 15.6. The molecule has 4 rings (SSSR count). The molecule has 0 bridgehead atoms. The molecule has 0 saturated heterocycles. The average Bonchev–Trinajstić information content (AvgIpc) is 2.89. The van der Waals surface area contributed by atoms with Gasteiger partial charge in [0.15, 0.2) is 0 Å². The summed E-state index contributed by atoms with van der Waals surface area (Å²) in [6.07, 6.45) is 0. The first-order valence-electron chi connectivity index (χ1n) is 10.8. The lowest BCUT2D eigenvalue weighted by molar-refractivity contribution is 0.574. The summed E-state index contributed by atoms with van der Waals surface area (Å²) >= 11 is 0. The van der Waals surface area contributed by atoms with E-state index in [-0.39, 0.29) is 24.2 Å². The summed E-state index contributed by atoms with van der Waals surface area (Å²) in [5, 5.41) is 0. The summed E-state index contributed by atoms with van der Waals surface area (Å²) in [5.41, 5.74) is 28.9. The van der Waals surface area contributed by atoms with Gasteiger partial charge in [-0.3, -0.25) is 0 Å². The molecular weight excluding hydrogens is 392 g/mol. The Morgan fingerprint density at radius 2 is 0.438 bits per heavy atom. The highest BCUT2D eigenvalue weighted by Crippen LogP contribution is 2.24. The molecule has 0 amide bonds. The van der Waals surface area contributed by atoms with Crippen LogP contribution in [0.5, 0.6) is 0 Å². The number of hydrogen-bond acceptors (Lipinski definition) is 4. The second kappa shape index (κ2) is 11.9. The fraction of sp³-hybridized carbons (Fsp3) is 0.143. The van der Waals surface area contributed by atoms with E-state index in [0.29, 0.717) is 0 Å². The van der Waals surface area contributed by atoms with E-state index >= 15 is 0 Å². The van der Waals surface area contributed by atoms with Crippen LogP contribution in [0, 0.1) is 0 Å². The predicted molar refractivity (Wildman–Crippen MR) is 133 cm³/mol. The van der Waals surface area contributed by atoms with Gasteiger partial charge in [0.2, 0.25) is 0 Å². The Labute approximate surface area is 190 Å². The highest BCUT2D eigenvalue weighted by molar-refractivity contribution is 5.27. The fourth-order valence-corrected chi connectivity index (χ4v) is 3.53. The third-order valence-electron chi connectivity index (χ3n) is 5.51. The normalized spacial score (nSPS) is 14.4. The quantitative estimate of drug-likeness (QED) is 0.358. The van der Waals surface area contributed by atoms with Crippen LogP contribution in [0.1, 0.15) is 46.4 Å². The number of benzene rings is 4. The highest BCUT2D eigenvalue weighted by Gasteiger charge is 2.17. The molecular formula is C28H32N4. The largest absolute Gasteiger partial charge is 0.322 e. The van der Waals surface area contributed by atoms with Crippen molar-refractivity contribution in [1.82, 2.24) is 0 Å². The van der Waals surface area contributed by atoms with Crippen LogP contribution in [0.2, 0.25) is 0 Å². The second-order valence-corrected chi connectivity index (χ2v) is 7.75. The van der Waals surface area contributed by atoms with Crippen LogP contribution in [0.3, 0.4) is 0 Å². The van der Waals surface area contributed by atoms with Crippen LogP contribution in [0.4, 0.5) is 0 Å². The van der Waals surface area contributed by atoms with Crippen molar-refractivity contribution in [3.63, 3.8) is 0 Å². The zero-order valence-electron chi connectivity index (χ0n) is 18.2. The van der Waals surface area contributed by atoms with Gasteiger partial charge < -0.3 is 22.9 Å². The molecule has 0 heterocycles. The zero-order valence-corrected chi connectivity index (χ0v) is 18.2. The first kappa shape index (κ1) is 23.4. The Hall–Kier alpha value is -3.28. The molecule has 0 saturated carbocycles. The second-order valence-electron chi connectivity index (χ2n) is 7.75. The molecule has 4 atom stereocenters. The molecule has 4 aromatic carbocycles. The third kappa shape index (κ3) is 6.36. The Morgan fingerprint density at radius 1 is 0.281 bits per heavy atom. The van der Waals surface area contributed by atoms with Gasteiger partial charge in [0.1, 0.15) is 0 Å². The molecule has 4 heteroatoms. The van der Waals surface area contributed by atoms with Gasteiger partial charge in [-0.2, -0.15) is 0 Å². The lowest BCUT2D eigenvalue weighted by Gasteiger charge is -2.20. The lowest BCUT2D eigenvalue weighted by atomic mass is 9.95. The monoisotopic (exact) mass is 424 g/mol. The van der Waals surface area contributed by atoms with E-state index < -0.39 is 0 Å². The minimum Gasteiger partial charge on any atom is -0.322 e. The van der Waals surface area contributed by atoms with Crippen LogP contribution in [0.25, 0.3) is 0 Å². The van der Waals surface area contributed by atoms with E-state index in [4.69, 9.17) is 22.9 Å². The van der Waals surface area contributed by atoms with Crippen molar-refractivity contribution in [3.8, 4) is 0 Å². The summed E-state index contributed by atoms with van der Waals surface area (Å²) in [6.45, 7) is 0. The van der Waals surface area contributed by atoms with E-state index in [1.807, 2.05) is 121 Å². The summed E-state index contributed by atoms with van der Waals surface area (Å²) in [5.74, 6) is 0. The average molecular weight is 425 g/mol. The van der Waals surface area contributed by atoms with E-state index in [1.54, 1.807) is 0 Å². The lowest BCUT2D eigenvalue weighted by Crippen LogP contribution is -2.26. The van der Waals surface area contributed by atoms with Gasteiger partial charge in [-0.15, -0.1) is 0 Å². The standard InChI is InChI=1S/2C14H16N2/c2*15-13(11-7-3-1-4-8-11)14(16)12-9-5-2-6-10-12/h2*1-10,13-14H,15-16H2/t2*13-,14-/m10/s1. The first-order valence-corrected chi connectivity index (χ1v) is 10.8. The van der Waals surface area contributed by atoms with Gasteiger partial charge >= 0.3 is 0 Å². The topological polar surface area (TPSA) is 104 Å². The number of nitrogens with two attached hydrogens (primary N) is 4. The Kier molecular flexibility index (Phi) is 8.72. The maximum absolute atomic E-state index is 6.15. The molecule has 0 aromatic heterocycles. The van der Waals surface area contributed by atoms with E-state index in [1.165, 1.54) is 0 Å². The third-order valence-corrected chi connectivity index (χ3v) is 5.51. The smallest absolute Gasteiger partial charge is 0.0491 e. The summed E-state index contributed by atoms with van der Waals surface area (Å²) in [6, 6.07) is 39.1. The van der Waals surface area contributed by atoms with Crippen molar-refractivity contribution in [2.75, 3.05) is 0 Å². The van der Waals surface area contributed by atoms with E-state index in [2.05, 4.69) is 0 Å². The van der Waals surface area contributed by atoms with Crippen molar-refractivity contribution in [2.24, 2.45) is 22.9 Å². The maximum Gasteiger partial charge on any atom is 0.0491 e. The molecule has 0 unspecified atom stereocenters. The van der Waals surface area contributed by atoms with Crippen molar-refractivity contribution >= 4 is 0 Å². The minimum atomic E-state index is -0.163.